The van der Waals surface area contributed by atoms with Crippen LogP contribution in [0.2, 0.25) is 0 Å². The summed E-state index contributed by atoms with van der Waals surface area (Å²) in [5.41, 5.74) is 0.502. The van der Waals surface area contributed by atoms with Crippen molar-refractivity contribution < 1.29 is 23.5 Å². The minimum atomic E-state index is -0.661. The molecular weight excluding hydrogens is 375 g/mol. The van der Waals surface area contributed by atoms with Crippen molar-refractivity contribution in [2.24, 2.45) is 5.92 Å². The minimum Gasteiger partial charge on any atom is -0.376 e. The van der Waals surface area contributed by atoms with E-state index in [4.69, 9.17) is 9.47 Å². The highest BCUT2D eigenvalue weighted by molar-refractivity contribution is 5.96. The number of amides is 2. The Kier molecular flexibility index (Phi) is 8.00. The Bertz CT molecular complexity index is 700. The molecule has 3 rings (SSSR count). The Labute approximate surface area is 171 Å². The lowest BCUT2D eigenvalue weighted by Crippen LogP contribution is -2.32. The molecule has 29 heavy (non-hydrogen) atoms. The molecule has 2 N–H and O–H groups in total. The second-order valence-electron chi connectivity index (χ2n) is 7.97. The smallest absolute Gasteiger partial charge is 0.253 e. The first-order valence-electron chi connectivity index (χ1n) is 10.7. The standard InChI is InChI=1S/C22H31FN2O4/c1-15(29-14-18-9-5-6-12-28-18)21(26)24-17-10-11-19(23)20(13-17)25-22(27)16-7-3-2-4-8-16/h10-11,13,15-16,18H,2-9,12,14H2,1H3,(H,24,26)(H,25,27). The molecule has 1 heterocycles. The number of anilines is 2. The summed E-state index contributed by atoms with van der Waals surface area (Å²) in [4.78, 5) is 24.8. The summed E-state index contributed by atoms with van der Waals surface area (Å²) in [7, 11) is 0. The van der Waals surface area contributed by atoms with Crippen LogP contribution >= 0.6 is 0 Å². The SMILES string of the molecule is CC(OCC1CCCCO1)C(=O)Nc1ccc(F)c(NC(=O)C2CCCCC2)c1. The van der Waals surface area contributed by atoms with Gasteiger partial charge in [-0.2, -0.15) is 0 Å². The number of ether oxygens (including phenoxy) is 2. The van der Waals surface area contributed by atoms with Crippen molar-refractivity contribution in [3.05, 3.63) is 24.0 Å². The molecule has 2 aliphatic rings. The van der Waals surface area contributed by atoms with Gasteiger partial charge in [0.2, 0.25) is 5.91 Å². The summed E-state index contributed by atoms with van der Waals surface area (Å²) >= 11 is 0. The first-order valence-corrected chi connectivity index (χ1v) is 10.7. The van der Waals surface area contributed by atoms with Gasteiger partial charge in [-0.15, -0.1) is 0 Å². The van der Waals surface area contributed by atoms with E-state index in [1.807, 2.05) is 0 Å². The van der Waals surface area contributed by atoms with E-state index < -0.39 is 11.9 Å². The third-order valence-electron chi connectivity index (χ3n) is 5.64. The van der Waals surface area contributed by atoms with Crippen molar-refractivity contribution in [1.29, 1.82) is 0 Å². The number of halogens is 1. The number of benzene rings is 1. The van der Waals surface area contributed by atoms with Crippen LogP contribution in [0.5, 0.6) is 0 Å². The maximum Gasteiger partial charge on any atom is 0.253 e. The van der Waals surface area contributed by atoms with Crippen molar-refractivity contribution in [3.8, 4) is 0 Å². The fourth-order valence-electron chi connectivity index (χ4n) is 3.81. The van der Waals surface area contributed by atoms with Crippen LogP contribution in [0.1, 0.15) is 58.3 Å². The summed E-state index contributed by atoms with van der Waals surface area (Å²) in [5, 5.41) is 5.41. The van der Waals surface area contributed by atoms with Gasteiger partial charge in [0.05, 0.1) is 18.4 Å². The quantitative estimate of drug-likeness (QED) is 0.709. The molecule has 7 heteroatoms. The summed E-state index contributed by atoms with van der Waals surface area (Å²) < 4.78 is 25.4. The number of carbonyl (C=O) groups excluding carboxylic acids is 2. The van der Waals surface area contributed by atoms with E-state index in [0.29, 0.717) is 12.3 Å². The van der Waals surface area contributed by atoms with Crippen LogP contribution in [0.4, 0.5) is 15.8 Å². The average Bonchev–Trinajstić information content (AvgIpc) is 2.75. The summed E-state index contributed by atoms with van der Waals surface area (Å²) in [5.74, 6) is -1.07. The number of rotatable bonds is 7. The van der Waals surface area contributed by atoms with Crippen LogP contribution < -0.4 is 10.6 Å². The predicted octanol–water partition coefficient (Wildman–Crippen LogP) is 4.26. The van der Waals surface area contributed by atoms with Gasteiger partial charge in [0.15, 0.2) is 0 Å². The van der Waals surface area contributed by atoms with Crippen LogP contribution in [-0.4, -0.2) is 37.2 Å². The third kappa shape index (κ3) is 6.51. The van der Waals surface area contributed by atoms with Crippen LogP contribution in [0.15, 0.2) is 18.2 Å². The highest BCUT2D eigenvalue weighted by atomic mass is 19.1. The van der Waals surface area contributed by atoms with E-state index in [9.17, 15) is 14.0 Å². The van der Waals surface area contributed by atoms with Crippen molar-refractivity contribution in [1.82, 2.24) is 0 Å². The molecule has 0 radical (unpaired) electrons. The molecule has 1 aromatic carbocycles. The largest absolute Gasteiger partial charge is 0.376 e. The topological polar surface area (TPSA) is 76.7 Å². The molecule has 1 aromatic rings. The lowest BCUT2D eigenvalue weighted by atomic mass is 9.88. The maximum atomic E-state index is 14.2. The molecule has 1 aliphatic carbocycles. The molecule has 1 saturated heterocycles. The number of hydrogen-bond donors (Lipinski definition) is 2. The number of carbonyl (C=O) groups is 2. The molecular formula is C22H31FN2O4. The van der Waals surface area contributed by atoms with E-state index in [0.717, 1.165) is 58.0 Å². The molecule has 0 spiro atoms. The van der Waals surface area contributed by atoms with E-state index in [2.05, 4.69) is 10.6 Å². The second-order valence-corrected chi connectivity index (χ2v) is 7.97. The average molecular weight is 406 g/mol. The highest BCUT2D eigenvalue weighted by Gasteiger charge is 2.23. The van der Waals surface area contributed by atoms with E-state index in [1.54, 1.807) is 6.92 Å². The zero-order valence-electron chi connectivity index (χ0n) is 17.0. The van der Waals surface area contributed by atoms with E-state index >= 15 is 0 Å². The molecule has 0 aromatic heterocycles. The zero-order valence-corrected chi connectivity index (χ0v) is 17.0. The first kappa shape index (κ1) is 21.7. The molecule has 1 saturated carbocycles. The van der Waals surface area contributed by atoms with Crippen LogP contribution in [0.25, 0.3) is 0 Å². The summed E-state index contributed by atoms with van der Waals surface area (Å²) in [6.07, 6.45) is 7.37. The predicted molar refractivity (Wildman–Crippen MR) is 109 cm³/mol. The van der Waals surface area contributed by atoms with Gasteiger partial charge < -0.3 is 20.1 Å². The first-order chi connectivity index (χ1) is 14.0. The Hall–Kier alpha value is -1.99. The van der Waals surface area contributed by atoms with E-state index in [-0.39, 0.29) is 29.5 Å². The van der Waals surface area contributed by atoms with Crippen molar-refractivity contribution >= 4 is 23.2 Å². The van der Waals surface area contributed by atoms with Gasteiger partial charge in [-0.3, -0.25) is 9.59 Å². The molecule has 6 nitrogen and oxygen atoms in total. The van der Waals surface area contributed by atoms with Crippen LogP contribution in [-0.2, 0) is 19.1 Å². The fraction of sp³-hybridized carbons (Fsp3) is 0.636. The Morgan fingerprint density at radius 1 is 1.14 bits per heavy atom. The summed E-state index contributed by atoms with van der Waals surface area (Å²) in [6.45, 7) is 2.79. The van der Waals surface area contributed by atoms with Gasteiger partial charge in [-0.1, -0.05) is 19.3 Å². The molecule has 2 atom stereocenters. The highest BCUT2D eigenvalue weighted by Crippen LogP contribution is 2.26. The normalized spacial score (nSPS) is 21.4. The Morgan fingerprint density at radius 3 is 2.62 bits per heavy atom. The lowest BCUT2D eigenvalue weighted by Gasteiger charge is -2.24. The van der Waals surface area contributed by atoms with Gasteiger partial charge in [0.1, 0.15) is 11.9 Å². The Balaban J connectivity index is 1.52. The molecule has 2 amide bonds. The third-order valence-corrected chi connectivity index (χ3v) is 5.64. The number of hydrogen-bond acceptors (Lipinski definition) is 4. The van der Waals surface area contributed by atoms with Crippen LogP contribution in [0, 0.1) is 11.7 Å². The van der Waals surface area contributed by atoms with Gasteiger partial charge in [-0.05, 0) is 57.2 Å². The van der Waals surface area contributed by atoms with Crippen molar-refractivity contribution in [2.75, 3.05) is 23.8 Å². The van der Waals surface area contributed by atoms with Gasteiger partial charge in [-0.25, -0.2) is 4.39 Å². The maximum absolute atomic E-state index is 14.2. The molecule has 0 bridgehead atoms. The Morgan fingerprint density at radius 2 is 1.90 bits per heavy atom. The number of nitrogens with one attached hydrogen (secondary N) is 2. The fourth-order valence-corrected chi connectivity index (χ4v) is 3.81. The van der Waals surface area contributed by atoms with Crippen molar-refractivity contribution in [3.63, 3.8) is 0 Å². The van der Waals surface area contributed by atoms with Gasteiger partial charge in [0.25, 0.3) is 5.91 Å². The zero-order chi connectivity index (χ0) is 20.6. The monoisotopic (exact) mass is 406 g/mol. The van der Waals surface area contributed by atoms with Gasteiger partial charge >= 0.3 is 0 Å². The van der Waals surface area contributed by atoms with Crippen molar-refractivity contribution in [2.45, 2.75) is 70.5 Å². The van der Waals surface area contributed by atoms with E-state index in [1.165, 1.54) is 18.2 Å². The minimum absolute atomic E-state index is 0.0337. The molecule has 160 valence electrons. The molecule has 2 fully saturated rings. The molecule has 1 aliphatic heterocycles. The van der Waals surface area contributed by atoms with Crippen LogP contribution in [0.3, 0.4) is 0 Å². The molecule has 2 unspecified atom stereocenters. The second kappa shape index (κ2) is 10.7. The summed E-state index contributed by atoms with van der Waals surface area (Å²) in [6, 6.07) is 4.17. The van der Waals surface area contributed by atoms with Gasteiger partial charge in [0, 0.05) is 18.2 Å². The lowest BCUT2D eigenvalue weighted by molar-refractivity contribution is -0.130.